The number of hydrogen-bond acceptors (Lipinski definition) is 4. The van der Waals surface area contributed by atoms with Crippen molar-refractivity contribution in [3.05, 3.63) is 23.7 Å². The number of nitrogens with zero attached hydrogens (tertiary/aromatic N) is 1. The van der Waals surface area contributed by atoms with E-state index in [9.17, 15) is 4.79 Å². The Morgan fingerprint density at radius 2 is 2.17 bits per heavy atom. The Bertz CT molecular complexity index is 406. The van der Waals surface area contributed by atoms with Gasteiger partial charge in [0.25, 0.3) is 0 Å². The third kappa shape index (κ3) is 2.73. The summed E-state index contributed by atoms with van der Waals surface area (Å²) in [4.78, 5) is 10.9. The number of carboxylic acids is 1. The molecule has 0 aliphatic carbocycles. The Morgan fingerprint density at radius 3 is 2.78 bits per heavy atom. The Morgan fingerprint density at radius 1 is 1.50 bits per heavy atom. The second-order valence-electron chi connectivity index (χ2n) is 4.95. The summed E-state index contributed by atoms with van der Waals surface area (Å²) < 4.78 is 4.96. The summed E-state index contributed by atoms with van der Waals surface area (Å²) >= 11 is 0. The molecule has 100 valence electrons. The molecule has 18 heavy (non-hydrogen) atoms. The van der Waals surface area contributed by atoms with E-state index in [0.717, 1.165) is 0 Å². The molecule has 0 radical (unpaired) electrons. The highest BCUT2D eigenvalue weighted by Crippen LogP contribution is 2.21. The van der Waals surface area contributed by atoms with Crippen LogP contribution < -0.4 is 5.43 Å². The first-order valence-electron chi connectivity index (χ1n) is 6.41. The summed E-state index contributed by atoms with van der Waals surface area (Å²) in [6.07, 6.45) is 5.03. The SMILES string of the molecule is CC1CCCC(C)N1NCc1ccoc1C(=O)O. The van der Waals surface area contributed by atoms with Crippen molar-refractivity contribution in [3.63, 3.8) is 0 Å². The maximum absolute atomic E-state index is 10.9. The molecule has 2 atom stereocenters. The van der Waals surface area contributed by atoms with Crippen molar-refractivity contribution in [1.29, 1.82) is 0 Å². The van der Waals surface area contributed by atoms with E-state index in [1.165, 1.54) is 25.5 Å². The second-order valence-corrected chi connectivity index (χ2v) is 4.95. The van der Waals surface area contributed by atoms with Gasteiger partial charge in [-0.15, -0.1) is 0 Å². The number of carbonyl (C=O) groups is 1. The van der Waals surface area contributed by atoms with Crippen LogP contribution in [0.2, 0.25) is 0 Å². The van der Waals surface area contributed by atoms with Crippen molar-refractivity contribution in [3.8, 4) is 0 Å². The summed E-state index contributed by atoms with van der Waals surface area (Å²) in [5.41, 5.74) is 4.02. The number of furan rings is 1. The molecule has 2 unspecified atom stereocenters. The number of hydrazine groups is 1. The highest BCUT2D eigenvalue weighted by Gasteiger charge is 2.25. The molecule has 0 bridgehead atoms. The van der Waals surface area contributed by atoms with Gasteiger partial charge in [-0.3, -0.25) is 5.43 Å². The minimum atomic E-state index is -1.02. The monoisotopic (exact) mass is 252 g/mol. The van der Waals surface area contributed by atoms with Gasteiger partial charge in [0.05, 0.1) is 6.26 Å². The fourth-order valence-corrected chi connectivity index (χ4v) is 2.57. The summed E-state index contributed by atoms with van der Waals surface area (Å²) in [5.74, 6) is -0.989. The van der Waals surface area contributed by atoms with E-state index in [1.807, 2.05) is 0 Å². The van der Waals surface area contributed by atoms with E-state index in [1.54, 1.807) is 6.07 Å². The van der Waals surface area contributed by atoms with Gasteiger partial charge in [0.15, 0.2) is 0 Å². The first kappa shape index (κ1) is 13.1. The first-order chi connectivity index (χ1) is 8.59. The molecule has 5 heteroatoms. The minimum absolute atomic E-state index is 0.0276. The van der Waals surface area contributed by atoms with Gasteiger partial charge in [-0.2, -0.15) is 0 Å². The number of nitrogens with one attached hydrogen (secondary N) is 1. The van der Waals surface area contributed by atoms with Crippen LogP contribution in [-0.2, 0) is 6.54 Å². The van der Waals surface area contributed by atoms with Crippen molar-refractivity contribution in [2.24, 2.45) is 0 Å². The fourth-order valence-electron chi connectivity index (χ4n) is 2.57. The molecule has 1 aromatic rings. The molecule has 1 aromatic heterocycles. The van der Waals surface area contributed by atoms with Crippen molar-refractivity contribution >= 4 is 5.97 Å². The van der Waals surface area contributed by atoms with Crippen LogP contribution in [-0.4, -0.2) is 28.2 Å². The average Bonchev–Trinajstić information content (AvgIpc) is 2.76. The van der Waals surface area contributed by atoms with Crippen LogP contribution in [0, 0.1) is 0 Å². The molecular weight excluding hydrogens is 232 g/mol. The maximum Gasteiger partial charge on any atom is 0.372 e. The zero-order chi connectivity index (χ0) is 13.1. The number of hydrogen-bond donors (Lipinski definition) is 2. The van der Waals surface area contributed by atoms with Gasteiger partial charge in [0.1, 0.15) is 0 Å². The standard InChI is InChI=1S/C13H20N2O3/c1-9-4-3-5-10(2)15(9)14-8-11-6-7-18-12(11)13(16)17/h6-7,9-10,14H,3-5,8H2,1-2H3,(H,16,17). The average molecular weight is 252 g/mol. The lowest BCUT2D eigenvalue weighted by Crippen LogP contribution is -2.51. The van der Waals surface area contributed by atoms with E-state index >= 15 is 0 Å². The largest absolute Gasteiger partial charge is 0.475 e. The summed E-state index contributed by atoms with van der Waals surface area (Å²) in [5, 5.41) is 11.2. The molecule has 1 aliphatic rings. The quantitative estimate of drug-likeness (QED) is 0.860. The van der Waals surface area contributed by atoms with Gasteiger partial charge in [-0.25, -0.2) is 9.80 Å². The highest BCUT2D eigenvalue weighted by molar-refractivity contribution is 5.86. The van der Waals surface area contributed by atoms with Crippen LogP contribution in [0.15, 0.2) is 16.7 Å². The number of piperidine rings is 1. The molecule has 5 nitrogen and oxygen atoms in total. The molecule has 2 N–H and O–H groups in total. The van der Waals surface area contributed by atoms with Gasteiger partial charge >= 0.3 is 5.97 Å². The number of aromatic carboxylic acids is 1. The maximum atomic E-state index is 10.9. The van der Waals surface area contributed by atoms with Gasteiger partial charge in [-0.05, 0) is 32.8 Å². The lowest BCUT2D eigenvalue weighted by atomic mass is 10.00. The molecular formula is C13H20N2O3. The zero-order valence-electron chi connectivity index (χ0n) is 10.8. The summed E-state index contributed by atoms with van der Waals surface area (Å²) in [7, 11) is 0. The predicted molar refractivity (Wildman–Crippen MR) is 67.1 cm³/mol. The zero-order valence-corrected chi connectivity index (χ0v) is 10.8. The third-order valence-corrected chi connectivity index (χ3v) is 3.59. The lowest BCUT2D eigenvalue weighted by molar-refractivity contribution is 0.0430. The highest BCUT2D eigenvalue weighted by atomic mass is 16.4. The Labute approximate surface area is 107 Å². The Kier molecular flexibility index (Phi) is 4.04. The molecule has 1 aliphatic heterocycles. The van der Waals surface area contributed by atoms with Crippen LogP contribution in [0.4, 0.5) is 0 Å². The molecule has 2 rings (SSSR count). The third-order valence-electron chi connectivity index (χ3n) is 3.59. The first-order valence-corrected chi connectivity index (χ1v) is 6.41. The van der Waals surface area contributed by atoms with Crippen molar-refractivity contribution in [2.75, 3.05) is 0 Å². The van der Waals surface area contributed by atoms with Crippen LogP contribution in [0.25, 0.3) is 0 Å². The fraction of sp³-hybridized carbons (Fsp3) is 0.615. The van der Waals surface area contributed by atoms with Gasteiger partial charge < -0.3 is 9.52 Å². The molecule has 1 fully saturated rings. The van der Waals surface area contributed by atoms with Crippen LogP contribution in [0.1, 0.15) is 49.2 Å². The molecule has 2 heterocycles. The normalized spacial score (nSPS) is 25.2. The number of rotatable bonds is 4. The van der Waals surface area contributed by atoms with Crippen molar-refractivity contribution in [2.45, 2.75) is 51.7 Å². The smallest absolute Gasteiger partial charge is 0.372 e. The van der Waals surface area contributed by atoms with E-state index in [2.05, 4.69) is 24.3 Å². The summed E-state index contributed by atoms with van der Waals surface area (Å²) in [6, 6.07) is 2.67. The molecule has 1 saturated heterocycles. The predicted octanol–water partition coefficient (Wildman–Crippen LogP) is 2.25. The van der Waals surface area contributed by atoms with Crippen LogP contribution in [0.3, 0.4) is 0 Å². The molecule has 0 aromatic carbocycles. The Balaban J connectivity index is 1.98. The van der Waals surface area contributed by atoms with Crippen LogP contribution in [0.5, 0.6) is 0 Å². The molecule has 0 spiro atoms. The lowest BCUT2D eigenvalue weighted by Gasteiger charge is -2.39. The van der Waals surface area contributed by atoms with E-state index < -0.39 is 5.97 Å². The van der Waals surface area contributed by atoms with Crippen LogP contribution >= 0.6 is 0 Å². The van der Waals surface area contributed by atoms with Gasteiger partial charge in [-0.1, -0.05) is 6.42 Å². The van der Waals surface area contributed by atoms with Gasteiger partial charge in [0, 0.05) is 24.2 Å². The van der Waals surface area contributed by atoms with E-state index in [0.29, 0.717) is 24.2 Å². The number of carboxylic acid groups (broad SMARTS) is 1. The second kappa shape index (κ2) is 5.54. The minimum Gasteiger partial charge on any atom is -0.475 e. The van der Waals surface area contributed by atoms with E-state index in [4.69, 9.17) is 9.52 Å². The summed E-state index contributed by atoms with van der Waals surface area (Å²) in [6.45, 7) is 4.87. The molecule has 0 saturated carbocycles. The topological polar surface area (TPSA) is 65.7 Å². The van der Waals surface area contributed by atoms with Crippen molar-refractivity contribution < 1.29 is 14.3 Å². The van der Waals surface area contributed by atoms with Crippen molar-refractivity contribution in [1.82, 2.24) is 10.4 Å². The van der Waals surface area contributed by atoms with E-state index in [-0.39, 0.29) is 5.76 Å². The molecule has 0 amide bonds. The van der Waals surface area contributed by atoms with Gasteiger partial charge in [0.2, 0.25) is 5.76 Å². The Hall–Kier alpha value is -1.33.